The van der Waals surface area contributed by atoms with Gasteiger partial charge in [0.1, 0.15) is 0 Å². The number of carbonyl (C=O) groups excluding carboxylic acids is 1. The number of hydrogen-bond acceptors (Lipinski definition) is 5. The highest BCUT2D eigenvalue weighted by Gasteiger charge is 2.34. The molecule has 0 spiro atoms. The van der Waals surface area contributed by atoms with Crippen molar-refractivity contribution in [1.82, 2.24) is 9.80 Å². The van der Waals surface area contributed by atoms with Gasteiger partial charge >= 0.3 is 0 Å². The number of carbonyl (C=O) groups is 1. The van der Waals surface area contributed by atoms with E-state index in [2.05, 4.69) is 4.90 Å². The number of rotatable bonds is 2. The molecule has 1 aromatic heterocycles. The normalized spacial score (nSPS) is 26.1. The zero-order chi connectivity index (χ0) is 15.0. The van der Waals surface area contributed by atoms with Crippen molar-refractivity contribution < 1.29 is 13.2 Å². The molecule has 3 heterocycles. The van der Waals surface area contributed by atoms with Crippen molar-refractivity contribution in [3.8, 4) is 0 Å². The summed E-state index contributed by atoms with van der Waals surface area (Å²) in [5.74, 6) is 0.706. The number of piperazine rings is 1. The van der Waals surface area contributed by atoms with E-state index in [9.17, 15) is 13.2 Å². The van der Waals surface area contributed by atoms with Gasteiger partial charge in [-0.1, -0.05) is 0 Å². The van der Waals surface area contributed by atoms with Gasteiger partial charge in [-0.25, -0.2) is 8.42 Å². The fourth-order valence-electron chi connectivity index (χ4n) is 3.09. The molecule has 1 atom stereocenters. The van der Waals surface area contributed by atoms with E-state index in [-0.39, 0.29) is 17.7 Å². The molecule has 21 heavy (non-hydrogen) atoms. The highest BCUT2D eigenvalue weighted by atomic mass is 32.2. The van der Waals surface area contributed by atoms with Crippen molar-refractivity contribution in [2.45, 2.75) is 19.4 Å². The zero-order valence-corrected chi connectivity index (χ0v) is 13.8. The molecule has 2 aliphatic heterocycles. The smallest absolute Gasteiger partial charge is 0.264 e. The van der Waals surface area contributed by atoms with Gasteiger partial charge in [0.2, 0.25) is 0 Å². The Balaban J connectivity index is 1.58. The van der Waals surface area contributed by atoms with Crippen LogP contribution in [0.5, 0.6) is 0 Å². The molecule has 0 N–H and O–H groups in total. The Labute approximate surface area is 129 Å². The molecule has 0 aromatic carbocycles. The van der Waals surface area contributed by atoms with Crippen LogP contribution < -0.4 is 0 Å². The largest absolute Gasteiger partial charge is 0.335 e. The summed E-state index contributed by atoms with van der Waals surface area (Å²) in [5, 5.41) is 1.95. The molecule has 0 bridgehead atoms. The highest BCUT2D eigenvalue weighted by Crippen LogP contribution is 2.22. The Morgan fingerprint density at radius 2 is 2.00 bits per heavy atom. The predicted octanol–water partition coefficient (Wildman–Crippen LogP) is 1.00. The number of nitrogens with zero attached hydrogens (tertiary/aromatic N) is 2. The molecule has 0 aliphatic carbocycles. The van der Waals surface area contributed by atoms with Crippen LogP contribution in [0.4, 0.5) is 0 Å². The SMILES string of the molecule is Cc1ccsc1C(=O)N1CCN(C2CCS(=O)(=O)C2)CC1. The molecule has 0 saturated carbocycles. The monoisotopic (exact) mass is 328 g/mol. The first-order chi connectivity index (χ1) is 9.96. The number of amides is 1. The van der Waals surface area contributed by atoms with Gasteiger partial charge in [0.15, 0.2) is 9.84 Å². The van der Waals surface area contributed by atoms with Crippen LogP contribution in [0.15, 0.2) is 11.4 Å². The van der Waals surface area contributed by atoms with E-state index in [0.717, 1.165) is 30.0 Å². The number of aryl methyl sites for hydroxylation is 1. The maximum atomic E-state index is 12.4. The lowest BCUT2D eigenvalue weighted by Gasteiger charge is -2.37. The first kappa shape index (κ1) is 15.0. The van der Waals surface area contributed by atoms with E-state index in [0.29, 0.717) is 18.8 Å². The summed E-state index contributed by atoms with van der Waals surface area (Å²) < 4.78 is 23.1. The minimum absolute atomic E-state index is 0.112. The van der Waals surface area contributed by atoms with Crippen molar-refractivity contribution in [3.63, 3.8) is 0 Å². The molecule has 2 saturated heterocycles. The maximum absolute atomic E-state index is 12.4. The first-order valence-corrected chi connectivity index (χ1v) is 9.94. The van der Waals surface area contributed by atoms with Gasteiger partial charge in [-0.05, 0) is 30.4 Å². The minimum atomic E-state index is -2.84. The highest BCUT2D eigenvalue weighted by molar-refractivity contribution is 7.91. The quantitative estimate of drug-likeness (QED) is 0.813. The third-order valence-electron chi connectivity index (χ3n) is 4.38. The average molecular weight is 328 g/mol. The van der Waals surface area contributed by atoms with Crippen molar-refractivity contribution in [1.29, 1.82) is 0 Å². The second kappa shape index (κ2) is 5.70. The lowest BCUT2D eigenvalue weighted by molar-refractivity contribution is 0.0592. The van der Waals surface area contributed by atoms with Gasteiger partial charge in [-0.15, -0.1) is 11.3 Å². The molecule has 116 valence electrons. The van der Waals surface area contributed by atoms with Crippen LogP contribution in [0, 0.1) is 6.92 Å². The maximum Gasteiger partial charge on any atom is 0.264 e. The van der Waals surface area contributed by atoms with Gasteiger partial charge in [-0.2, -0.15) is 0 Å². The lowest BCUT2D eigenvalue weighted by atomic mass is 10.2. The Hall–Kier alpha value is -0.920. The fourth-order valence-corrected chi connectivity index (χ4v) is 5.74. The molecule has 7 heteroatoms. The minimum Gasteiger partial charge on any atom is -0.335 e. The van der Waals surface area contributed by atoms with Crippen LogP contribution in [-0.4, -0.2) is 67.9 Å². The van der Waals surface area contributed by atoms with E-state index < -0.39 is 9.84 Å². The summed E-state index contributed by atoms with van der Waals surface area (Å²) in [5.41, 5.74) is 1.04. The molecule has 0 radical (unpaired) electrons. The van der Waals surface area contributed by atoms with Crippen molar-refractivity contribution in [3.05, 3.63) is 21.9 Å². The molecule has 3 rings (SSSR count). The molecule has 5 nitrogen and oxygen atoms in total. The van der Waals surface area contributed by atoms with Crippen molar-refractivity contribution in [2.24, 2.45) is 0 Å². The second-order valence-electron chi connectivity index (χ2n) is 5.82. The molecule has 1 unspecified atom stereocenters. The average Bonchev–Trinajstić information content (AvgIpc) is 3.04. The Bertz CT molecular complexity index is 630. The fraction of sp³-hybridized carbons (Fsp3) is 0.643. The van der Waals surface area contributed by atoms with Crippen LogP contribution in [0.2, 0.25) is 0 Å². The third kappa shape index (κ3) is 3.14. The number of hydrogen-bond donors (Lipinski definition) is 0. The van der Waals surface area contributed by atoms with Gasteiger partial charge < -0.3 is 4.90 Å². The van der Waals surface area contributed by atoms with Crippen LogP contribution in [-0.2, 0) is 9.84 Å². The molecule has 2 fully saturated rings. The molecular formula is C14H20N2O3S2. The topological polar surface area (TPSA) is 57.7 Å². The van der Waals surface area contributed by atoms with Gasteiger partial charge in [0, 0.05) is 32.2 Å². The van der Waals surface area contributed by atoms with Crippen LogP contribution in [0.3, 0.4) is 0 Å². The van der Waals surface area contributed by atoms with Crippen LogP contribution in [0.1, 0.15) is 21.7 Å². The van der Waals surface area contributed by atoms with E-state index in [1.54, 1.807) is 0 Å². The Kier molecular flexibility index (Phi) is 4.07. The third-order valence-corrected chi connectivity index (χ3v) is 7.14. The summed E-state index contributed by atoms with van der Waals surface area (Å²) in [4.78, 5) is 17.4. The van der Waals surface area contributed by atoms with E-state index in [1.165, 1.54) is 11.3 Å². The second-order valence-corrected chi connectivity index (χ2v) is 8.96. The molecule has 2 aliphatic rings. The lowest BCUT2D eigenvalue weighted by Crippen LogP contribution is -2.52. The Morgan fingerprint density at radius 3 is 2.52 bits per heavy atom. The number of sulfone groups is 1. The number of thiophene rings is 1. The van der Waals surface area contributed by atoms with E-state index in [1.807, 2.05) is 23.3 Å². The van der Waals surface area contributed by atoms with E-state index >= 15 is 0 Å². The molecule has 1 amide bonds. The molecule has 1 aromatic rings. The first-order valence-electron chi connectivity index (χ1n) is 7.24. The van der Waals surface area contributed by atoms with Gasteiger partial charge in [-0.3, -0.25) is 9.69 Å². The molecular weight excluding hydrogens is 308 g/mol. The predicted molar refractivity (Wildman–Crippen MR) is 83.6 cm³/mol. The summed E-state index contributed by atoms with van der Waals surface area (Å²) in [6.07, 6.45) is 0.736. The van der Waals surface area contributed by atoms with Crippen LogP contribution >= 0.6 is 11.3 Å². The Morgan fingerprint density at radius 1 is 1.29 bits per heavy atom. The standard InChI is InChI=1S/C14H20N2O3S2/c1-11-2-8-20-13(11)14(17)16-6-4-15(5-7-16)12-3-9-21(18,19)10-12/h2,8,12H,3-7,9-10H2,1H3. The summed E-state index contributed by atoms with van der Waals surface area (Å²) >= 11 is 1.49. The summed E-state index contributed by atoms with van der Waals surface area (Å²) in [7, 11) is -2.84. The summed E-state index contributed by atoms with van der Waals surface area (Å²) in [6.45, 7) is 4.88. The van der Waals surface area contributed by atoms with Crippen LogP contribution in [0.25, 0.3) is 0 Å². The van der Waals surface area contributed by atoms with Crippen molar-refractivity contribution in [2.75, 3.05) is 37.7 Å². The van der Waals surface area contributed by atoms with Gasteiger partial charge in [0.25, 0.3) is 5.91 Å². The zero-order valence-electron chi connectivity index (χ0n) is 12.1. The summed E-state index contributed by atoms with van der Waals surface area (Å²) in [6, 6.07) is 2.12. The van der Waals surface area contributed by atoms with Gasteiger partial charge in [0.05, 0.1) is 16.4 Å². The van der Waals surface area contributed by atoms with Crippen molar-refractivity contribution >= 4 is 27.1 Å². The van der Waals surface area contributed by atoms with E-state index in [4.69, 9.17) is 0 Å².